The highest BCUT2D eigenvalue weighted by molar-refractivity contribution is 9.10. The van der Waals surface area contributed by atoms with E-state index < -0.39 is 17.7 Å². The number of aliphatic hydroxyl groups is 1. The van der Waals surface area contributed by atoms with Gasteiger partial charge in [0, 0.05) is 16.0 Å². The van der Waals surface area contributed by atoms with E-state index in [1.54, 1.807) is 6.07 Å². The second-order valence-electron chi connectivity index (χ2n) is 4.65. The van der Waals surface area contributed by atoms with Gasteiger partial charge in [0.25, 0.3) is 0 Å². The Balaban J connectivity index is 2.08. The Morgan fingerprint density at radius 2 is 1.95 bits per heavy atom. The Hall–Kier alpha value is -1.17. The first-order chi connectivity index (χ1) is 9.88. The summed E-state index contributed by atoms with van der Waals surface area (Å²) in [7, 11) is 0. The number of nitrogens with one attached hydrogen (secondary N) is 1. The summed E-state index contributed by atoms with van der Waals surface area (Å²) >= 11 is 9.44. The van der Waals surface area contributed by atoms with Gasteiger partial charge < -0.3 is 10.4 Å². The Kier molecular flexibility index (Phi) is 5.19. The summed E-state index contributed by atoms with van der Waals surface area (Å²) in [5, 5.41) is 13.6. The topological polar surface area (TPSA) is 32.3 Å². The van der Waals surface area contributed by atoms with Crippen molar-refractivity contribution in [1.29, 1.82) is 0 Å². The third kappa shape index (κ3) is 3.93. The summed E-state index contributed by atoms with van der Waals surface area (Å²) in [6, 6.07) is 6.92. The minimum atomic E-state index is -0.980. The molecule has 2 rings (SSSR count). The highest BCUT2D eigenvalue weighted by Crippen LogP contribution is 2.29. The third-order valence-corrected chi connectivity index (χ3v) is 4.13. The standard InChI is InChI=1S/C15H13BrClF2NO/c1-8-4-10(16)14(6-11(8)17)20-7-15(21)9-2-3-12(18)13(19)5-9/h2-6,15,20-21H,7H2,1H3. The first kappa shape index (κ1) is 16.2. The van der Waals surface area contributed by atoms with Crippen LogP contribution >= 0.6 is 27.5 Å². The highest BCUT2D eigenvalue weighted by atomic mass is 79.9. The van der Waals surface area contributed by atoms with E-state index in [2.05, 4.69) is 21.2 Å². The zero-order chi connectivity index (χ0) is 15.6. The van der Waals surface area contributed by atoms with Crippen LogP contribution in [0.5, 0.6) is 0 Å². The van der Waals surface area contributed by atoms with Crippen LogP contribution in [0.3, 0.4) is 0 Å². The summed E-state index contributed by atoms with van der Waals surface area (Å²) in [5.74, 6) is -1.92. The Bertz CT molecular complexity index is 666. The number of halogens is 4. The fourth-order valence-corrected chi connectivity index (χ4v) is 2.59. The van der Waals surface area contributed by atoms with Crippen LogP contribution in [0.25, 0.3) is 0 Å². The van der Waals surface area contributed by atoms with Crippen molar-refractivity contribution in [2.75, 3.05) is 11.9 Å². The Morgan fingerprint density at radius 1 is 1.24 bits per heavy atom. The number of aryl methyl sites for hydroxylation is 1. The van der Waals surface area contributed by atoms with Gasteiger partial charge in [0.1, 0.15) is 0 Å². The van der Waals surface area contributed by atoms with Crippen molar-refractivity contribution in [3.05, 3.63) is 62.6 Å². The van der Waals surface area contributed by atoms with Crippen LogP contribution in [0.4, 0.5) is 14.5 Å². The first-order valence-corrected chi connectivity index (χ1v) is 7.38. The zero-order valence-corrected chi connectivity index (χ0v) is 13.5. The molecule has 0 aliphatic rings. The van der Waals surface area contributed by atoms with Gasteiger partial charge >= 0.3 is 0 Å². The van der Waals surface area contributed by atoms with Gasteiger partial charge in [-0.3, -0.25) is 0 Å². The summed E-state index contributed by atoms with van der Waals surface area (Å²) in [6.07, 6.45) is -0.966. The van der Waals surface area contributed by atoms with Crippen molar-refractivity contribution < 1.29 is 13.9 Å². The minimum Gasteiger partial charge on any atom is -0.387 e. The first-order valence-electron chi connectivity index (χ1n) is 6.21. The van der Waals surface area contributed by atoms with Crippen molar-refractivity contribution in [1.82, 2.24) is 0 Å². The molecule has 0 aromatic heterocycles. The normalized spacial score (nSPS) is 12.3. The molecule has 2 nitrogen and oxygen atoms in total. The predicted molar refractivity (Wildman–Crippen MR) is 83.7 cm³/mol. The van der Waals surface area contributed by atoms with E-state index in [1.807, 2.05) is 13.0 Å². The maximum Gasteiger partial charge on any atom is 0.159 e. The van der Waals surface area contributed by atoms with Crippen LogP contribution in [-0.4, -0.2) is 11.7 Å². The molecular formula is C15H13BrClF2NO. The van der Waals surface area contributed by atoms with Crippen molar-refractivity contribution in [2.24, 2.45) is 0 Å². The molecule has 0 saturated heterocycles. The van der Waals surface area contributed by atoms with Crippen molar-refractivity contribution in [2.45, 2.75) is 13.0 Å². The van der Waals surface area contributed by atoms with E-state index in [0.29, 0.717) is 16.3 Å². The van der Waals surface area contributed by atoms with Crippen LogP contribution in [-0.2, 0) is 0 Å². The van der Waals surface area contributed by atoms with Crippen LogP contribution in [0, 0.1) is 18.6 Å². The van der Waals surface area contributed by atoms with Crippen LogP contribution < -0.4 is 5.32 Å². The summed E-state index contributed by atoms with van der Waals surface area (Å²) < 4.78 is 26.8. The van der Waals surface area contributed by atoms with Gasteiger partial charge in [-0.1, -0.05) is 17.7 Å². The van der Waals surface area contributed by atoms with Crippen LogP contribution in [0.1, 0.15) is 17.2 Å². The van der Waals surface area contributed by atoms with Crippen LogP contribution in [0.15, 0.2) is 34.8 Å². The maximum absolute atomic E-state index is 13.1. The van der Waals surface area contributed by atoms with Gasteiger partial charge in [-0.05, 0) is 58.2 Å². The molecule has 0 radical (unpaired) electrons. The third-order valence-electron chi connectivity index (χ3n) is 3.06. The van der Waals surface area contributed by atoms with Gasteiger partial charge in [-0.15, -0.1) is 0 Å². The second-order valence-corrected chi connectivity index (χ2v) is 5.91. The Labute approximate surface area is 134 Å². The number of hydrogen-bond acceptors (Lipinski definition) is 2. The number of aliphatic hydroxyl groups excluding tert-OH is 1. The lowest BCUT2D eigenvalue weighted by molar-refractivity contribution is 0.191. The summed E-state index contributed by atoms with van der Waals surface area (Å²) in [5.41, 5.74) is 1.94. The Morgan fingerprint density at radius 3 is 2.62 bits per heavy atom. The average Bonchev–Trinajstić information content (AvgIpc) is 2.44. The van der Waals surface area contributed by atoms with E-state index in [4.69, 9.17) is 11.6 Å². The predicted octanol–water partition coefficient (Wildman–Crippen LogP) is 4.83. The molecular weight excluding hydrogens is 364 g/mol. The molecule has 0 amide bonds. The summed E-state index contributed by atoms with van der Waals surface area (Å²) in [6.45, 7) is 2.02. The molecule has 6 heteroatoms. The van der Waals surface area contributed by atoms with Crippen molar-refractivity contribution >= 4 is 33.2 Å². The number of hydrogen-bond donors (Lipinski definition) is 2. The number of anilines is 1. The number of rotatable bonds is 4. The van der Waals surface area contributed by atoms with Crippen LogP contribution in [0.2, 0.25) is 5.02 Å². The van der Waals surface area contributed by atoms with E-state index >= 15 is 0 Å². The molecule has 0 spiro atoms. The monoisotopic (exact) mass is 375 g/mol. The smallest absolute Gasteiger partial charge is 0.159 e. The molecule has 0 aliphatic carbocycles. The van der Waals surface area contributed by atoms with Gasteiger partial charge in [0.15, 0.2) is 11.6 Å². The molecule has 0 bridgehead atoms. The lowest BCUT2D eigenvalue weighted by Gasteiger charge is -2.15. The van der Waals surface area contributed by atoms with E-state index in [1.165, 1.54) is 6.07 Å². The van der Waals surface area contributed by atoms with Crippen molar-refractivity contribution in [3.8, 4) is 0 Å². The fraction of sp³-hybridized carbons (Fsp3) is 0.200. The van der Waals surface area contributed by atoms with Gasteiger partial charge in [0.2, 0.25) is 0 Å². The summed E-state index contributed by atoms with van der Waals surface area (Å²) in [4.78, 5) is 0. The highest BCUT2D eigenvalue weighted by Gasteiger charge is 2.12. The molecule has 0 heterocycles. The molecule has 0 aliphatic heterocycles. The fourth-order valence-electron chi connectivity index (χ4n) is 1.83. The molecule has 21 heavy (non-hydrogen) atoms. The van der Waals surface area contributed by atoms with E-state index in [9.17, 15) is 13.9 Å². The van der Waals surface area contributed by atoms with Crippen molar-refractivity contribution in [3.63, 3.8) is 0 Å². The SMILES string of the molecule is Cc1cc(Br)c(NCC(O)c2ccc(F)c(F)c2)cc1Cl. The molecule has 0 saturated carbocycles. The molecule has 2 aromatic carbocycles. The molecule has 0 fully saturated rings. The minimum absolute atomic E-state index is 0.142. The number of benzene rings is 2. The largest absolute Gasteiger partial charge is 0.387 e. The maximum atomic E-state index is 13.1. The average molecular weight is 377 g/mol. The lowest BCUT2D eigenvalue weighted by Crippen LogP contribution is -2.13. The second kappa shape index (κ2) is 6.73. The van der Waals surface area contributed by atoms with E-state index in [0.717, 1.165) is 22.2 Å². The van der Waals surface area contributed by atoms with Gasteiger partial charge in [-0.25, -0.2) is 8.78 Å². The van der Waals surface area contributed by atoms with E-state index in [-0.39, 0.29) is 6.54 Å². The molecule has 2 N–H and O–H groups in total. The lowest BCUT2D eigenvalue weighted by atomic mass is 10.1. The van der Waals surface area contributed by atoms with Gasteiger partial charge in [0.05, 0.1) is 11.8 Å². The molecule has 1 atom stereocenters. The quantitative estimate of drug-likeness (QED) is 0.801. The van der Waals surface area contributed by atoms with Gasteiger partial charge in [-0.2, -0.15) is 0 Å². The molecule has 2 aromatic rings. The zero-order valence-electron chi connectivity index (χ0n) is 11.1. The molecule has 1 unspecified atom stereocenters. The molecule has 112 valence electrons.